The third-order valence-corrected chi connectivity index (χ3v) is 3.82. The van der Waals surface area contributed by atoms with Gasteiger partial charge in [0.1, 0.15) is 0 Å². The summed E-state index contributed by atoms with van der Waals surface area (Å²) in [6.07, 6.45) is 5.40. The first-order valence-corrected chi connectivity index (χ1v) is 6.45. The molecular weight excluding hydrogens is 218 g/mol. The van der Waals surface area contributed by atoms with Crippen LogP contribution in [0.4, 0.5) is 0 Å². The Kier molecular flexibility index (Phi) is 3.81. The zero-order valence-electron chi connectivity index (χ0n) is 9.31. The number of nitriles is 1. The first-order chi connectivity index (χ1) is 7.78. The molecule has 3 nitrogen and oxygen atoms in total. The lowest BCUT2D eigenvalue weighted by atomic mass is 10.1. The predicted octanol–water partition coefficient (Wildman–Crippen LogP) is 2.53. The topological polar surface area (TPSA) is 48.7 Å². The fraction of sp³-hybridized carbons (Fsp3) is 0.500. The Morgan fingerprint density at radius 3 is 3.19 bits per heavy atom. The van der Waals surface area contributed by atoms with Crippen molar-refractivity contribution in [1.29, 1.82) is 5.26 Å². The normalized spacial score (nSPS) is 25.0. The molecule has 1 N–H and O–H groups in total. The number of piperidine rings is 1. The molecule has 0 spiro atoms. The first-order valence-electron chi connectivity index (χ1n) is 5.57. The summed E-state index contributed by atoms with van der Waals surface area (Å²) < 4.78 is 0. The van der Waals surface area contributed by atoms with Crippen LogP contribution in [0, 0.1) is 11.3 Å². The van der Waals surface area contributed by atoms with Gasteiger partial charge in [-0.1, -0.05) is 11.8 Å². The lowest BCUT2D eigenvalue weighted by Gasteiger charge is -2.27. The van der Waals surface area contributed by atoms with Gasteiger partial charge < -0.3 is 5.32 Å². The maximum Gasteiger partial charge on any atom is 0.0993 e. The summed E-state index contributed by atoms with van der Waals surface area (Å²) in [7, 11) is 0. The number of thioether (sulfide) groups is 1. The maximum absolute atomic E-state index is 8.81. The van der Waals surface area contributed by atoms with E-state index in [4.69, 9.17) is 5.26 Å². The number of rotatable bonds is 2. The summed E-state index contributed by atoms with van der Waals surface area (Å²) in [6.45, 7) is 2.21. The molecule has 1 aromatic rings. The van der Waals surface area contributed by atoms with Crippen LogP contribution < -0.4 is 5.32 Å². The molecule has 2 rings (SSSR count). The molecule has 2 heterocycles. The smallest absolute Gasteiger partial charge is 0.0993 e. The van der Waals surface area contributed by atoms with Gasteiger partial charge in [0.25, 0.3) is 0 Å². The summed E-state index contributed by atoms with van der Waals surface area (Å²) in [5.74, 6) is 0. The summed E-state index contributed by atoms with van der Waals surface area (Å²) >= 11 is 1.72. The fourth-order valence-electron chi connectivity index (χ4n) is 1.88. The van der Waals surface area contributed by atoms with Crippen LogP contribution in [-0.2, 0) is 0 Å². The third kappa shape index (κ3) is 2.97. The largest absolute Gasteiger partial charge is 0.302 e. The van der Waals surface area contributed by atoms with E-state index < -0.39 is 0 Å². The van der Waals surface area contributed by atoms with Crippen molar-refractivity contribution in [3.8, 4) is 6.07 Å². The van der Waals surface area contributed by atoms with Crippen LogP contribution in [0.1, 0.15) is 31.7 Å². The first kappa shape index (κ1) is 11.4. The van der Waals surface area contributed by atoms with Crippen LogP contribution >= 0.6 is 11.8 Å². The number of aromatic nitrogens is 1. The summed E-state index contributed by atoms with van der Waals surface area (Å²) in [5, 5.41) is 13.7. The Bertz CT molecular complexity index is 399. The van der Waals surface area contributed by atoms with Gasteiger partial charge in [-0.05, 0) is 38.3 Å². The van der Waals surface area contributed by atoms with Crippen LogP contribution in [0.5, 0.6) is 0 Å². The SMILES string of the molecule is C[C@@H]1CCC[C@@H](Sc2cc(C#N)ccn2)N1. The second kappa shape index (κ2) is 5.33. The van der Waals surface area contributed by atoms with Crippen molar-refractivity contribution < 1.29 is 0 Å². The van der Waals surface area contributed by atoms with Gasteiger partial charge in [0.15, 0.2) is 0 Å². The highest BCUT2D eigenvalue weighted by molar-refractivity contribution is 7.99. The zero-order chi connectivity index (χ0) is 11.4. The molecule has 2 atom stereocenters. The molecule has 1 aliphatic rings. The van der Waals surface area contributed by atoms with Crippen LogP contribution in [0.25, 0.3) is 0 Å². The van der Waals surface area contributed by atoms with E-state index in [0.717, 1.165) is 5.03 Å². The van der Waals surface area contributed by atoms with Crippen molar-refractivity contribution in [2.45, 2.75) is 42.6 Å². The standard InChI is InChI=1S/C12H15N3S/c1-9-3-2-4-11(15-9)16-12-7-10(8-13)5-6-14-12/h5-7,9,11,15H,2-4H2,1H3/t9-,11-/m1/s1. The molecule has 0 amide bonds. The maximum atomic E-state index is 8.81. The van der Waals surface area contributed by atoms with Crippen molar-refractivity contribution in [1.82, 2.24) is 10.3 Å². The molecule has 16 heavy (non-hydrogen) atoms. The van der Waals surface area contributed by atoms with E-state index in [1.165, 1.54) is 19.3 Å². The minimum absolute atomic E-state index is 0.435. The molecular formula is C12H15N3S. The molecule has 84 valence electrons. The van der Waals surface area contributed by atoms with E-state index in [1.807, 2.05) is 6.07 Å². The number of nitrogens with zero attached hydrogens (tertiary/aromatic N) is 2. The second-order valence-electron chi connectivity index (χ2n) is 4.10. The van der Waals surface area contributed by atoms with Crippen LogP contribution in [-0.4, -0.2) is 16.4 Å². The van der Waals surface area contributed by atoms with Gasteiger partial charge in [0.2, 0.25) is 0 Å². The molecule has 1 aromatic heterocycles. The Morgan fingerprint density at radius 1 is 1.56 bits per heavy atom. The average molecular weight is 233 g/mol. The lowest BCUT2D eigenvalue weighted by Crippen LogP contribution is -2.38. The summed E-state index contributed by atoms with van der Waals surface area (Å²) in [4.78, 5) is 4.28. The monoisotopic (exact) mass is 233 g/mol. The average Bonchev–Trinajstić information content (AvgIpc) is 2.29. The van der Waals surface area contributed by atoms with Crippen molar-refractivity contribution in [2.24, 2.45) is 0 Å². The third-order valence-electron chi connectivity index (χ3n) is 2.70. The summed E-state index contributed by atoms with van der Waals surface area (Å²) in [5.41, 5.74) is 0.682. The van der Waals surface area contributed by atoms with Crippen molar-refractivity contribution >= 4 is 11.8 Å². The van der Waals surface area contributed by atoms with E-state index in [0.29, 0.717) is 17.0 Å². The van der Waals surface area contributed by atoms with Gasteiger partial charge in [-0.25, -0.2) is 4.98 Å². The molecule has 1 saturated heterocycles. The quantitative estimate of drug-likeness (QED) is 0.852. The van der Waals surface area contributed by atoms with E-state index in [-0.39, 0.29) is 0 Å². The Balaban J connectivity index is 2.00. The second-order valence-corrected chi connectivity index (χ2v) is 5.32. The number of pyridine rings is 1. The Morgan fingerprint density at radius 2 is 2.44 bits per heavy atom. The van der Waals surface area contributed by atoms with Crippen LogP contribution in [0.15, 0.2) is 23.4 Å². The predicted molar refractivity (Wildman–Crippen MR) is 65.0 cm³/mol. The zero-order valence-corrected chi connectivity index (χ0v) is 10.1. The van der Waals surface area contributed by atoms with Gasteiger partial charge in [-0.2, -0.15) is 5.26 Å². The van der Waals surface area contributed by atoms with Gasteiger partial charge in [0.05, 0.1) is 22.0 Å². The molecule has 0 aliphatic carbocycles. The van der Waals surface area contributed by atoms with E-state index in [1.54, 1.807) is 24.0 Å². The number of hydrogen-bond acceptors (Lipinski definition) is 4. The summed E-state index contributed by atoms with van der Waals surface area (Å²) in [6, 6.07) is 6.32. The number of hydrogen-bond donors (Lipinski definition) is 1. The van der Waals surface area contributed by atoms with E-state index in [9.17, 15) is 0 Å². The fourth-order valence-corrected chi connectivity index (χ4v) is 3.07. The van der Waals surface area contributed by atoms with E-state index >= 15 is 0 Å². The minimum Gasteiger partial charge on any atom is -0.302 e. The minimum atomic E-state index is 0.435. The van der Waals surface area contributed by atoms with Gasteiger partial charge in [-0.3, -0.25) is 0 Å². The molecule has 0 saturated carbocycles. The van der Waals surface area contributed by atoms with E-state index in [2.05, 4.69) is 23.3 Å². The van der Waals surface area contributed by atoms with Gasteiger partial charge >= 0.3 is 0 Å². The Labute approximate surface area is 100 Å². The Hall–Kier alpha value is -1.05. The molecule has 0 aromatic carbocycles. The van der Waals surface area contributed by atoms with Crippen molar-refractivity contribution in [2.75, 3.05) is 0 Å². The highest BCUT2D eigenvalue weighted by atomic mass is 32.2. The van der Waals surface area contributed by atoms with Crippen molar-refractivity contribution in [3.63, 3.8) is 0 Å². The van der Waals surface area contributed by atoms with Crippen molar-refractivity contribution in [3.05, 3.63) is 23.9 Å². The highest BCUT2D eigenvalue weighted by Gasteiger charge is 2.18. The number of nitrogens with one attached hydrogen (secondary N) is 1. The molecule has 0 bridgehead atoms. The molecule has 1 aliphatic heterocycles. The molecule has 4 heteroatoms. The molecule has 1 fully saturated rings. The lowest BCUT2D eigenvalue weighted by molar-refractivity contribution is 0.403. The van der Waals surface area contributed by atoms with Gasteiger partial charge in [-0.15, -0.1) is 0 Å². The molecule has 0 unspecified atom stereocenters. The highest BCUT2D eigenvalue weighted by Crippen LogP contribution is 2.27. The van der Waals surface area contributed by atoms with Crippen LogP contribution in [0.3, 0.4) is 0 Å². The molecule has 0 radical (unpaired) electrons. The van der Waals surface area contributed by atoms with Gasteiger partial charge in [0, 0.05) is 12.2 Å². The van der Waals surface area contributed by atoms with Crippen LogP contribution in [0.2, 0.25) is 0 Å².